The number of halogens is 2. The number of hydrogen-bond donors (Lipinski definition) is 1. The molecule has 0 aliphatic rings. The molecular weight excluding hydrogens is 242 g/mol. The van der Waals surface area contributed by atoms with Gasteiger partial charge in [0.1, 0.15) is 0 Å². The molecule has 1 aromatic rings. The molecule has 1 N–H and O–H groups in total. The summed E-state index contributed by atoms with van der Waals surface area (Å²) in [6, 6.07) is 0.612. The van der Waals surface area contributed by atoms with Crippen LogP contribution in [0.25, 0.3) is 0 Å². The van der Waals surface area contributed by atoms with Gasteiger partial charge in [0.15, 0.2) is 5.82 Å². The van der Waals surface area contributed by atoms with Crippen LogP contribution in [0.2, 0.25) is 0 Å². The summed E-state index contributed by atoms with van der Waals surface area (Å²) < 4.78 is 31.1. The zero-order valence-electron chi connectivity index (χ0n) is 10.6. The minimum absolute atomic E-state index is 0.0914. The largest absolute Gasteiger partial charge is 0.375 e. The van der Waals surface area contributed by atoms with Crippen LogP contribution >= 0.6 is 0 Å². The van der Waals surface area contributed by atoms with E-state index in [9.17, 15) is 13.6 Å². The molecular formula is C12H16F2N2O2. The van der Waals surface area contributed by atoms with Crippen molar-refractivity contribution in [3.8, 4) is 0 Å². The van der Waals surface area contributed by atoms with Crippen molar-refractivity contribution in [3.05, 3.63) is 24.0 Å². The molecule has 100 valence electrons. The van der Waals surface area contributed by atoms with Crippen LogP contribution in [0.3, 0.4) is 0 Å². The smallest absolute Gasteiger partial charge is 0.226 e. The van der Waals surface area contributed by atoms with E-state index < -0.39 is 17.7 Å². The highest BCUT2D eigenvalue weighted by molar-refractivity contribution is 5.90. The predicted octanol–water partition coefficient (Wildman–Crippen LogP) is 2.50. The fourth-order valence-corrected chi connectivity index (χ4v) is 1.16. The van der Waals surface area contributed by atoms with Crippen LogP contribution in [0, 0.1) is 11.8 Å². The van der Waals surface area contributed by atoms with Gasteiger partial charge in [-0.05, 0) is 20.8 Å². The average molecular weight is 258 g/mol. The van der Waals surface area contributed by atoms with E-state index in [2.05, 4.69) is 10.3 Å². The van der Waals surface area contributed by atoms with Gasteiger partial charge in [-0.15, -0.1) is 0 Å². The van der Waals surface area contributed by atoms with E-state index in [0.29, 0.717) is 6.07 Å². The summed E-state index contributed by atoms with van der Waals surface area (Å²) in [5.74, 6) is -2.19. The predicted molar refractivity (Wildman–Crippen MR) is 63.1 cm³/mol. The molecule has 1 heterocycles. The molecule has 1 aromatic heterocycles. The molecule has 0 aliphatic carbocycles. The molecule has 0 radical (unpaired) electrons. The Morgan fingerprint density at radius 2 is 2.11 bits per heavy atom. The van der Waals surface area contributed by atoms with Gasteiger partial charge >= 0.3 is 0 Å². The zero-order valence-corrected chi connectivity index (χ0v) is 10.6. The topological polar surface area (TPSA) is 51.2 Å². The van der Waals surface area contributed by atoms with Gasteiger partial charge in [0, 0.05) is 6.07 Å². The molecule has 0 spiro atoms. The average Bonchev–Trinajstić information content (AvgIpc) is 2.20. The molecule has 18 heavy (non-hydrogen) atoms. The van der Waals surface area contributed by atoms with Crippen LogP contribution in [0.4, 0.5) is 14.5 Å². The lowest BCUT2D eigenvalue weighted by molar-refractivity contribution is -0.118. The molecule has 0 bridgehead atoms. The van der Waals surface area contributed by atoms with Crippen LogP contribution in [0.15, 0.2) is 12.3 Å². The molecule has 0 aliphatic heterocycles. The molecule has 0 atom stereocenters. The van der Waals surface area contributed by atoms with Gasteiger partial charge < -0.3 is 10.1 Å². The molecule has 0 fully saturated rings. The zero-order chi connectivity index (χ0) is 13.8. The molecule has 0 saturated heterocycles. The Labute approximate surface area is 104 Å². The maximum Gasteiger partial charge on any atom is 0.226 e. The first-order chi connectivity index (χ1) is 8.28. The van der Waals surface area contributed by atoms with E-state index >= 15 is 0 Å². The minimum Gasteiger partial charge on any atom is -0.375 e. The van der Waals surface area contributed by atoms with Crippen molar-refractivity contribution in [1.29, 1.82) is 0 Å². The monoisotopic (exact) mass is 258 g/mol. The number of pyridine rings is 1. The van der Waals surface area contributed by atoms with E-state index in [4.69, 9.17) is 4.74 Å². The number of nitrogens with one attached hydrogen (secondary N) is 1. The van der Waals surface area contributed by atoms with Crippen molar-refractivity contribution in [2.45, 2.75) is 32.8 Å². The first-order valence-electron chi connectivity index (χ1n) is 5.53. The second kappa shape index (κ2) is 5.86. The van der Waals surface area contributed by atoms with Crippen molar-refractivity contribution in [1.82, 2.24) is 4.98 Å². The number of rotatable bonds is 4. The van der Waals surface area contributed by atoms with Gasteiger partial charge in [-0.3, -0.25) is 4.79 Å². The number of ether oxygens (including phenoxy) is 1. The Morgan fingerprint density at radius 3 is 2.67 bits per heavy atom. The van der Waals surface area contributed by atoms with E-state index in [-0.39, 0.29) is 24.3 Å². The lowest BCUT2D eigenvalue weighted by Gasteiger charge is -2.19. The third-order valence-electron chi connectivity index (χ3n) is 1.96. The van der Waals surface area contributed by atoms with E-state index in [1.165, 1.54) is 0 Å². The summed E-state index contributed by atoms with van der Waals surface area (Å²) in [5, 5.41) is 2.30. The summed E-state index contributed by atoms with van der Waals surface area (Å²) in [6.07, 6.45) is 1.03. The Kier molecular flexibility index (Phi) is 4.72. The first-order valence-corrected chi connectivity index (χ1v) is 5.53. The van der Waals surface area contributed by atoms with Gasteiger partial charge in [-0.25, -0.2) is 9.37 Å². The van der Waals surface area contributed by atoms with Crippen LogP contribution < -0.4 is 5.32 Å². The van der Waals surface area contributed by atoms with Gasteiger partial charge in [0.2, 0.25) is 11.9 Å². The van der Waals surface area contributed by atoms with Crippen molar-refractivity contribution in [3.63, 3.8) is 0 Å². The molecule has 6 heteroatoms. The number of amides is 1. The second-order valence-corrected chi connectivity index (χ2v) is 4.75. The second-order valence-electron chi connectivity index (χ2n) is 4.75. The van der Waals surface area contributed by atoms with Crippen molar-refractivity contribution in [2.24, 2.45) is 0 Å². The van der Waals surface area contributed by atoms with Gasteiger partial charge in [-0.1, -0.05) is 0 Å². The molecule has 0 unspecified atom stereocenters. The maximum absolute atomic E-state index is 13.2. The number of aromatic nitrogens is 1. The number of nitrogens with zero attached hydrogens (tertiary/aromatic N) is 1. The molecule has 4 nitrogen and oxygen atoms in total. The Balaban J connectivity index is 2.45. The van der Waals surface area contributed by atoms with E-state index in [1.807, 2.05) is 20.8 Å². The number of carbonyl (C=O) groups excluding carboxylic acids is 1. The summed E-state index contributed by atoms with van der Waals surface area (Å²) in [7, 11) is 0. The van der Waals surface area contributed by atoms with Crippen LogP contribution in [0.1, 0.15) is 27.2 Å². The van der Waals surface area contributed by atoms with Gasteiger partial charge in [0.05, 0.1) is 30.5 Å². The summed E-state index contributed by atoms with van der Waals surface area (Å²) in [4.78, 5) is 14.7. The molecule has 1 amide bonds. The normalized spacial score (nSPS) is 11.4. The fourth-order valence-electron chi connectivity index (χ4n) is 1.16. The van der Waals surface area contributed by atoms with Crippen LogP contribution in [0.5, 0.6) is 0 Å². The molecule has 1 rings (SSSR count). The van der Waals surface area contributed by atoms with E-state index in [0.717, 1.165) is 6.20 Å². The SMILES string of the molecule is CC(C)(C)OCCC(=O)Nc1cnc(F)cc1F. The van der Waals surface area contributed by atoms with Crippen LogP contribution in [-0.2, 0) is 9.53 Å². The number of anilines is 1. The van der Waals surface area contributed by atoms with Crippen molar-refractivity contribution in [2.75, 3.05) is 11.9 Å². The third kappa shape index (κ3) is 5.18. The quantitative estimate of drug-likeness (QED) is 0.844. The van der Waals surface area contributed by atoms with E-state index in [1.54, 1.807) is 0 Å². The Bertz CT molecular complexity index is 431. The first kappa shape index (κ1) is 14.5. The maximum atomic E-state index is 13.2. The number of hydrogen-bond acceptors (Lipinski definition) is 3. The standard InChI is InChI=1S/C12H16F2N2O2/c1-12(2,3)18-5-4-11(17)16-9-7-15-10(14)6-8(9)13/h6-7H,4-5H2,1-3H3,(H,16,17). The van der Waals surface area contributed by atoms with Gasteiger partial charge in [-0.2, -0.15) is 4.39 Å². The lowest BCUT2D eigenvalue weighted by atomic mass is 10.2. The Hall–Kier alpha value is -1.56. The third-order valence-corrected chi connectivity index (χ3v) is 1.96. The highest BCUT2D eigenvalue weighted by atomic mass is 19.1. The Morgan fingerprint density at radius 1 is 1.44 bits per heavy atom. The summed E-state index contributed by atoms with van der Waals surface area (Å²) in [6.45, 7) is 5.84. The molecule has 0 aromatic carbocycles. The summed E-state index contributed by atoms with van der Waals surface area (Å²) in [5.41, 5.74) is -0.472. The molecule has 0 saturated carbocycles. The van der Waals surface area contributed by atoms with Gasteiger partial charge in [0.25, 0.3) is 0 Å². The minimum atomic E-state index is -0.929. The highest BCUT2D eigenvalue weighted by Gasteiger charge is 2.12. The number of carbonyl (C=O) groups is 1. The van der Waals surface area contributed by atoms with Crippen molar-refractivity contribution < 1.29 is 18.3 Å². The summed E-state index contributed by atoms with van der Waals surface area (Å²) >= 11 is 0. The highest BCUT2D eigenvalue weighted by Crippen LogP contribution is 2.13. The lowest BCUT2D eigenvalue weighted by Crippen LogP contribution is -2.23. The van der Waals surface area contributed by atoms with Crippen LogP contribution in [-0.4, -0.2) is 23.1 Å². The van der Waals surface area contributed by atoms with Crippen molar-refractivity contribution >= 4 is 11.6 Å². The fraction of sp³-hybridized carbons (Fsp3) is 0.500.